The predicted octanol–water partition coefficient (Wildman–Crippen LogP) is 4.15. The van der Waals surface area contributed by atoms with E-state index in [1.807, 2.05) is 7.05 Å². The normalized spacial score (nSPS) is 19.2. The number of piperidine rings is 1. The number of anilines is 2. The van der Waals surface area contributed by atoms with Crippen LogP contribution in [0.4, 0.5) is 29.2 Å². The number of sulfonamides is 1. The van der Waals surface area contributed by atoms with Gasteiger partial charge in [0.25, 0.3) is 5.91 Å². The first kappa shape index (κ1) is 33.3. The van der Waals surface area contributed by atoms with Gasteiger partial charge in [-0.3, -0.25) is 4.79 Å². The Morgan fingerprint density at radius 1 is 1.15 bits per heavy atom. The summed E-state index contributed by atoms with van der Waals surface area (Å²) in [5.41, 5.74) is -0.283. The van der Waals surface area contributed by atoms with Crippen molar-refractivity contribution in [2.45, 2.75) is 43.6 Å². The molecule has 1 amide bonds. The lowest BCUT2D eigenvalue weighted by atomic mass is 10.0. The van der Waals surface area contributed by atoms with Crippen LogP contribution < -0.4 is 20.1 Å². The Bertz CT molecular complexity index is 1720. The molecule has 2 aliphatic rings. The van der Waals surface area contributed by atoms with E-state index in [0.29, 0.717) is 30.2 Å². The number of amides is 1. The fraction of sp³-hybridized carbons (Fsp3) is 0.433. The second-order valence-corrected chi connectivity index (χ2v) is 13.4. The number of likely N-dealkylation sites (tertiary alicyclic amines) is 1. The van der Waals surface area contributed by atoms with E-state index < -0.39 is 51.5 Å². The standard InChI is InChI=1S/C30H34F4N6O5S/c1-39-11-9-18(10-12-39)36-27(41)20-14-24(44-3)23(15-22(20)31)37-29-35-16-21(30(32,33)34)28(38-29)45-25-13-17-7-5-6-8-19(17)26(25)40(2)46(4,42)43/h5-8,14-16,18,25-26H,9-13H2,1-4H3,(H,36,41)(H,35,37,38)/t25-,26-/m1/s1. The van der Waals surface area contributed by atoms with Crippen LogP contribution in [0, 0.1) is 5.82 Å². The summed E-state index contributed by atoms with van der Waals surface area (Å²) < 4.78 is 94.6. The molecule has 16 heteroatoms. The van der Waals surface area contributed by atoms with Gasteiger partial charge in [-0.05, 0) is 50.2 Å². The number of nitrogens with one attached hydrogen (secondary N) is 2. The van der Waals surface area contributed by atoms with Gasteiger partial charge in [0, 0.05) is 31.8 Å². The van der Waals surface area contributed by atoms with Crippen molar-refractivity contribution in [1.29, 1.82) is 0 Å². The third-order valence-electron chi connectivity index (χ3n) is 8.22. The van der Waals surface area contributed by atoms with Crippen LogP contribution in [0.5, 0.6) is 11.6 Å². The van der Waals surface area contributed by atoms with Crippen molar-refractivity contribution in [3.8, 4) is 11.6 Å². The monoisotopic (exact) mass is 666 g/mol. The summed E-state index contributed by atoms with van der Waals surface area (Å²) in [4.78, 5) is 22.7. The third kappa shape index (κ3) is 7.18. The summed E-state index contributed by atoms with van der Waals surface area (Å²) in [6.45, 7) is 1.59. The van der Waals surface area contributed by atoms with Gasteiger partial charge in [-0.25, -0.2) is 17.8 Å². The van der Waals surface area contributed by atoms with Gasteiger partial charge in [-0.1, -0.05) is 24.3 Å². The van der Waals surface area contributed by atoms with Crippen molar-refractivity contribution >= 4 is 27.6 Å². The summed E-state index contributed by atoms with van der Waals surface area (Å²) >= 11 is 0. The molecule has 2 N–H and O–H groups in total. The zero-order valence-electron chi connectivity index (χ0n) is 25.6. The average molecular weight is 667 g/mol. The van der Waals surface area contributed by atoms with Crippen molar-refractivity contribution in [2.24, 2.45) is 0 Å². The molecule has 1 aliphatic carbocycles. The number of likely N-dealkylation sites (N-methyl/N-ethyl adjacent to an activating group) is 1. The highest BCUT2D eigenvalue weighted by Crippen LogP contribution is 2.42. The lowest BCUT2D eigenvalue weighted by Crippen LogP contribution is -2.43. The molecule has 248 valence electrons. The van der Waals surface area contributed by atoms with Gasteiger partial charge in [0.15, 0.2) is 0 Å². The van der Waals surface area contributed by atoms with Crippen LogP contribution in [0.1, 0.15) is 45.9 Å². The highest BCUT2D eigenvalue weighted by Gasteiger charge is 2.43. The van der Waals surface area contributed by atoms with Crippen LogP contribution in [0.3, 0.4) is 0 Å². The molecule has 1 aromatic heterocycles. The summed E-state index contributed by atoms with van der Waals surface area (Å²) in [6.07, 6.45) is -2.91. The smallest absolute Gasteiger partial charge is 0.423 e. The number of carbonyl (C=O) groups is 1. The quantitative estimate of drug-likeness (QED) is 0.324. The Labute approximate surface area is 264 Å². The molecule has 1 aliphatic heterocycles. The highest BCUT2D eigenvalue weighted by molar-refractivity contribution is 7.88. The zero-order valence-corrected chi connectivity index (χ0v) is 26.4. The maximum absolute atomic E-state index is 15.2. The number of benzene rings is 2. The van der Waals surface area contributed by atoms with E-state index in [-0.39, 0.29) is 35.4 Å². The van der Waals surface area contributed by atoms with Gasteiger partial charge in [0.2, 0.25) is 21.9 Å². The fourth-order valence-electron chi connectivity index (χ4n) is 5.66. The number of hydrogen-bond acceptors (Lipinski definition) is 9. The number of rotatable bonds is 9. The van der Waals surface area contributed by atoms with Crippen molar-refractivity contribution in [1.82, 2.24) is 24.5 Å². The second-order valence-electron chi connectivity index (χ2n) is 11.4. The number of aromatic nitrogens is 2. The van der Waals surface area contributed by atoms with E-state index in [4.69, 9.17) is 9.47 Å². The number of nitrogens with zero attached hydrogens (tertiary/aromatic N) is 4. The minimum absolute atomic E-state index is 0.0157. The number of halogens is 4. The topological polar surface area (TPSA) is 126 Å². The molecular weight excluding hydrogens is 632 g/mol. The number of hydrogen-bond donors (Lipinski definition) is 2. The summed E-state index contributed by atoms with van der Waals surface area (Å²) in [5.74, 6) is -2.73. The van der Waals surface area contributed by atoms with Crippen LogP contribution >= 0.6 is 0 Å². The Kier molecular flexibility index (Phi) is 9.42. The van der Waals surface area contributed by atoms with Crippen LogP contribution in [0.25, 0.3) is 0 Å². The van der Waals surface area contributed by atoms with Gasteiger partial charge in [0.1, 0.15) is 23.2 Å². The molecule has 11 nitrogen and oxygen atoms in total. The Morgan fingerprint density at radius 3 is 2.50 bits per heavy atom. The molecule has 2 aromatic carbocycles. The van der Waals surface area contributed by atoms with Crippen LogP contribution in [-0.4, -0.2) is 86.2 Å². The molecule has 2 atom stereocenters. The van der Waals surface area contributed by atoms with Gasteiger partial charge < -0.3 is 25.0 Å². The molecule has 0 radical (unpaired) electrons. The summed E-state index contributed by atoms with van der Waals surface area (Å²) in [7, 11) is 0.826. The molecule has 2 heterocycles. The second kappa shape index (κ2) is 13.0. The minimum atomic E-state index is -4.91. The van der Waals surface area contributed by atoms with Gasteiger partial charge >= 0.3 is 6.18 Å². The van der Waals surface area contributed by atoms with E-state index in [2.05, 4.69) is 25.5 Å². The SMILES string of the molecule is COc1cc(C(=O)NC2CCN(C)CC2)c(F)cc1Nc1ncc(C(F)(F)F)c(O[C@@H]2Cc3ccccc3[C@H]2N(C)S(C)(=O)=O)n1. The number of carbonyl (C=O) groups excluding carboxylic acids is 1. The Morgan fingerprint density at radius 2 is 1.85 bits per heavy atom. The summed E-state index contributed by atoms with van der Waals surface area (Å²) in [5, 5.41) is 5.49. The third-order valence-corrected chi connectivity index (χ3v) is 9.49. The Hall–Kier alpha value is -4.02. The molecule has 0 unspecified atom stereocenters. The molecule has 1 fully saturated rings. The number of methoxy groups -OCH3 is 1. The maximum atomic E-state index is 15.2. The molecule has 0 saturated carbocycles. The van der Waals surface area contributed by atoms with E-state index in [1.165, 1.54) is 20.2 Å². The van der Waals surface area contributed by atoms with E-state index in [1.54, 1.807) is 24.3 Å². The molecule has 3 aromatic rings. The van der Waals surface area contributed by atoms with E-state index in [0.717, 1.165) is 29.7 Å². The largest absolute Gasteiger partial charge is 0.495 e. The number of ether oxygens (including phenoxy) is 2. The first-order valence-electron chi connectivity index (χ1n) is 14.4. The first-order chi connectivity index (χ1) is 21.7. The average Bonchev–Trinajstić information content (AvgIpc) is 3.34. The zero-order chi connectivity index (χ0) is 33.4. The van der Waals surface area contributed by atoms with Gasteiger partial charge in [-0.2, -0.15) is 22.5 Å². The van der Waals surface area contributed by atoms with Gasteiger partial charge in [0.05, 0.1) is 30.7 Å². The fourth-order valence-corrected chi connectivity index (χ4v) is 6.33. The molecule has 5 rings (SSSR count). The van der Waals surface area contributed by atoms with Crippen molar-refractivity contribution in [3.63, 3.8) is 0 Å². The summed E-state index contributed by atoms with van der Waals surface area (Å²) in [6, 6.07) is 7.99. The van der Waals surface area contributed by atoms with Crippen molar-refractivity contribution in [2.75, 3.05) is 45.9 Å². The van der Waals surface area contributed by atoms with Crippen molar-refractivity contribution < 1.29 is 40.2 Å². The highest BCUT2D eigenvalue weighted by atomic mass is 32.2. The molecule has 0 spiro atoms. The number of alkyl halides is 3. The lowest BCUT2D eigenvalue weighted by Gasteiger charge is -2.29. The molecule has 46 heavy (non-hydrogen) atoms. The molecule has 1 saturated heterocycles. The first-order valence-corrected chi connectivity index (χ1v) is 16.3. The predicted molar refractivity (Wildman–Crippen MR) is 161 cm³/mol. The van der Waals surface area contributed by atoms with Gasteiger partial charge in [-0.15, -0.1) is 0 Å². The number of fused-ring (bicyclic) bond motifs is 1. The van der Waals surface area contributed by atoms with Crippen LogP contribution in [0.15, 0.2) is 42.6 Å². The van der Waals surface area contributed by atoms with E-state index >= 15 is 4.39 Å². The van der Waals surface area contributed by atoms with E-state index in [9.17, 15) is 26.4 Å². The molecular formula is C30H34F4N6O5S. The van der Waals surface area contributed by atoms with Crippen LogP contribution in [0.2, 0.25) is 0 Å². The van der Waals surface area contributed by atoms with Crippen molar-refractivity contribution in [3.05, 3.63) is 70.7 Å². The Balaban J connectivity index is 1.43. The molecule has 0 bridgehead atoms. The maximum Gasteiger partial charge on any atom is 0.423 e. The van der Waals surface area contributed by atoms with Crippen LogP contribution in [-0.2, 0) is 22.6 Å². The lowest BCUT2D eigenvalue weighted by molar-refractivity contribution is -0.140. The minimum Gasteiger partial charge on any atom is -0.495 e.